The molecule has 4 aromatic heterocycles. The highest BCUT2D eigenvalue weighted by atomic mass is 35.5. The number of aliphatic hydroxyl groups is 1. The normalized spacial score (nSPS) is 19.5. The second-order valence-electron chi connectivity index (χ2n) is 7.78. The van der Waals surface area contributed by atoms with Crippen LogP contribution in [0.15, 0.2) is 36.9 Å². The Morgan fingerprint density at radius 3 is 2.61 bits per heavy atom. The summed E-state index contributed by atoms with van der Waals surface area (Å²) in [4.78, 5) is 23.0. The fourth-order valence-electron chi connectivity index (χ4n) is 3.99. The number of nitrogens with zero attached hydrogens (tertiary/aromatic N) is 7. The third kappa shape index (κ3) is 3.06. The smallest absolute Gasteiger partial charge is 0.234 e. The van der Waals surface area contributed by atoms with Gasteiger partial charge in [-0.1, -0.05) is 37.0 Å². The van der Waals surface area contributed by atoms with Gasteiger partial charge in [0.25, 0.3) is 0 Å². The number of nitrogens with one attached hydrogen (secondary N) is 1. The minimum absolute atomic E-state index is 0.260. The van der Waals surface area contributed by atoms with Crippen molar-refractivity contribution < 1.29 is 9.90 Å². The van der Waals surface area contributed by atoms with Crippen LogP contribution < -0.4 is 5.32 Å². The standard InChI is InChI=1S/C19H16Cl2N8O2/c1-19(2)15-10(8-22-13-6-12(21)27-28(13)15)14(16(19)30)18(31)26-9-5-11(20)17(23-7-9)29-24-3-4-25-29/h3-8,14,16,30H,1-2H3,(H,26,31). The number of carbonyl (C=O) groups excluding carboxylic acids is 1. The van der Waals surface area contributed by atoms with Crippen molar-refractivity contribution in [3.05, 3.63) is 58.4 Å². The highest BCUT2D eigenvalue weighted by molar-refractivity contribution is 6.32. The van der Waals surface area contributed by atoms with E-state index in [0.29, 0.717) is 28.4 Å². The summed E-state index contributed by atoms with van der Waals surface area (Å²) >= 11 is 12.3. The molecule has 158 valence electrons. The van der Waals surface area contributed by atoms with Gasteiger partial charge in [-0.25, -0.2) is 14.5 Å². The Bertz CT molecular complexity index is 1320. The van der Waals surface area contributed by atoms with Gasteiger partial charge < -0.3 is 10.4 Å². The van der Waals surface area contributed by atoms with Crippen LogP contribution in [0.2, 0.25) is 10.2 Å². The predicted octanol–water partition coefficient (Wildman–Crippen LogP) is 2.39. The van der Waals surface area contributed by atoms with Crippen molar-refractivity contribution in [2.45, 2.75) is 31.3 Å². The van der Waals surface area contributed by atoms with Crippen molar-refractivity contribution in [2.75, 3.05) is 5.32 Å². The maximum Gasteiger partial charge on any atom is 0.234 e. The van der Waals surface area contributed by atoms with E-state index in [4.69, 9.17) is 23.2 Å². The molecule has 0 aromatic carbocycles. The Hall–Kier alpha value is -3.08. The van der Waals surface area contributed by atoms with E-state index in [1.54, 1.807) is 22.8 Å². The number of pyridine rings is 1. The van der Waals surface area contributed by atoms with Gasteiger partial charge >= 0.3 is 0 Å². The molecule has 1 amide bonds. The summed E-state index contributed by atoms with van der Waals surface area (Å²) in [6.45, 7) is 3.70. The number of fused-ring (bicyclic) bond motifs is 3. The van der Waals surface area contributed by atoms with Gasteiger partial charge in [-0.2, -0.15) is 15.3 Å². The van der Waals surface area contributed by atoms with Gasteiger partial charge in [-0.3, -0.25) is 4.79 Å². The van der Waals surface area contributed by atoms with Crippen molar-refractivity contribution in [2.24, 2.45) is 0 Å². The quantitative estimate of drug-likeness (QED) is 0.482. The molecule has 4 heterocycles. The Labute approximate surface area is 185 Å². The predicted molar refractivity (Wildman–Crippen MR) is 113 cm³/mol. The van der Waals surface area contributed by atoms with E-state index in [2.05, 4.69) is 30.6 Å². The monoisotopic (exact) mass is 458 g/mol. The first-order chi connectivity index (χ1) is 14.8. The first kappa shape index (κ1) is 19.9. The summed E-state index contributed by atoms with van der Waals surface area (Å²) in [5.41, 5.74) is 1.43. The molecular weight excluding hydrogens is 443 g/mol. The molecule has 4 aromatic rings. The summed E-state index contributed by atoms with van der Waals surface area (Å²) in [7, 11) is 0. The molecule has 2 N–H and O–H groups in total. The Kier molecular flexibility index (Phi) is 4.47. The number of anilines is 1. The third-order valence-corrected chi connectivity index (χ3v) is 5.93. The van der Waals surface area contributed by atoms with Crippen LogP contribution in [-0.4, -0.2) is 51.7 Å². The van der Waals surface area contributed by atoms with Gasteiger partial charge in [-0.05, 0) is 6.07 Å². The number of aromatic nitrogens is 7. The number of hydrogen-bond donors (Lipinski definition) is 2. The average Bonchev–Trinajstić information content (AvgIpc) is 3.40. The second-order valence-corrected chi connectivity index (χ2v) is 8.58. The van der Waals surface area contributed by atoms with Gasteiger partial charge in [-0.15, -0.1) is 4.80 Å². The molecule has 0 radical (unpaired) electrons. The van der Waals surface area contributed by atoms with Crippen LogP contribution in [0.4, 0.5) is 5.69 Å². The molecule has 12 heteroatoms. The first-order valence-corrected chi connectivity index (χ1v) is 10.1. The molecule has 0 bridgehead atoms. The molecule has 1 aliphatic carbocycles. The SMILES string of the molecule is CC1(C)c2c(cnc3cc(Cl)nn23)C(C(=O)Nc2cnc(-n3nccn3)c(Cl)c2)C1O. The van der Waals surface area contributed by atoms with E-state index < -0.39 is 23.3 Å². The van der Waals surface area contributed by atoms with E-state index in [-0.39, 0.29) is 10.2 Å². The number of carbonyl (C=O) groups is 1. The number of aliphatic hydroxyl groups excluding tert-OH is 1. The minimum Gasteiger partial charge on any atom is -0.391 e. The van der Waals surface area contributed by atoms with Gasteiger partial charge in [0.2, 0.25) is 5.91 Å². The van der Waals surface area contributed by atoms with Crippen molar-refractivity contribution in [3.63, 3.8) is 0 Å². The molecule has 31 heavy (non-hydrogen) atoms. The summed E-state index contributed by atoms with van der Waals surface area (Å²) in [5.74, 6) is -0.947. The van der Waals surface area contributed by atoms with E-state index in [1.807, 2.05) is 13.8 Å². The zero-order valence-electron chi connectivity index (χ0n) is 16.4. The number of hydrogen-bond acceptors (Lipinski definition) is 7. The third-order valence-electron chi connectivity index (χ3n) is 5.46. The Morgan fingerprint density at radius 2 is 1.90 bits per heavy atom. The zero-order chi connectivity index (χ0) is 21.9. The Morgan fingerprint density at radius 1 is 1.16 bits per heavy atom. The summed E-state index contributed by atoms with van der Waals surface area (Å²) in [5, 5.41) is 26.6. The lowest BCUT2D eigenvalue weighted by Crippen LogP contribution is -2.37. The summed E-state index contributed by atoms with van der Waals surface area (Å²) < 4.78 is 1.58. The Balaban J connectivity index is 1.49. The molecule has 0 spiro atoms. The van der Waals surface area contributed by atoms with Crippen LogP contribution in [0.25, 0.3) is 11.5 Å². The van der Waals surface area contributed by atoms with Gasteiger partial charge in [0.15, 0.2) is 16.6 Å². The van der Waals surface area contributed by atoms with Crippen LogP contribution in [0, 0.1) is 0 Å². The number of rotatable bonds is 3. The maximum absolute atomic E-state index is 13.2. The molecule has 10 nitrogen and oxygen atoms in total. The fourth-order valence-corrected chi connectivity index (χ4v) is 4.41. The van der Waals surface area contributed by atoms with Crippen molar-refractivity contribution in [1.82, 2.24) is 34.6 Å². The molecular formula is C19H16Cl2N8O2. The van der Waals surface area contributed by atoms with E-state index in [9.17, 15) is 9.90 Å². The topological polar surface area (TPSA) is 123 Å². The first-order valence-electron chi connectivity index (χ1n) is 9.33. The van der Waals surface area contributed by atoms with Gasteiger partial charge in [0, 0.05) is 23.2 Å². The highest BCUT2D eigenvalue weighted by Gasteiger charge is 2.51. The van der Waals surface area contributed by atoms with Crippen molar-refractivity contribution in [3.8, 4) is 5.82 Å². The molecule has 2 atom stereocenters. The van der Waals surface area contributed by atoms with Crippen LogP contribution >= 0.6 is 23.2 Å². The van der Waals surface area contributed by atoms with Crippen LogP contribution in [0.1, 0.15) is 31.0 Å². The molecule has 0 fully saturated rings. The highest BCUT2D eigenvalue weighted by Crippen LogP contribution is 2.46. The lowest BCUT2D eigenvalue weighted by molar-refractivity contribution is -0.120. The van der Waals surface area contributed by atoms with Crippen LogP contribution in [0.5, 0.6) is 0 Å². The maximum atomic E-state index is 13.2. The number of amides is 1. The van der Waals surface area contributed by atoms with Crippen molar-refractivity contribution in [1.29, 1.82) is 0 Å². The van der Waals surface area contributed by atoms with E-state index in [0.717, 1.165) is 0 Å². The fraction of sp³-hybridized carbons (Fsp3) is 0.263. The molecule has 5 rings (SSSR count). The lowest BCUT2D eigenvalue weighted by atomic mass is 9.85. The second kappa shape index (κ2) is 6.98. The molecule has 2 unspecified atom stereocenters. The average molecular weight is 459 g/mol. The molecule has 0 saturated carbocycles. The van der Waals surface area contributed by atoms with Gasteiger partial charge in [0.1, 0.15) is 0 Å². The lowest BCUT2D eigenvalue weighted by Gasteiger charge is -2.26. The number of halogens is 2. The van der Waals surface area contributed by atoms with Crippen LogP contribution in [-0.2, 0) is 10.2 Å². The van der Waals surface area contributed by atoms with E-state index in [1.165, 1.54) is 23.4 Å². The molecule has 0 aliphatic heterocycles. The summed E-state index contributed by atoms with van der Waals surface area (Å²) in [6.07, 6.45) is 5.04. The van der Waals surface area contributed by atoms with Crippen molar-refractivity contribution >= 4 is 40.4 Å². The molecule has 1 aliphatic rings. The largest absolute Gasteiger partial charge is 0.391 e. The summed E-state index contributed by atoms with van der Waals surface area (Å²) in [6, 6.07) is 3.18. The minimum atomic E-state index is -1.01. The molecule has 0 saturated heterocycles. The van der Waals surface area contributed by atoms with Crippen LogP contribution in [0.3, 0.4) is 0 Å². The zero-order valence-corrected chi connectivity index (χ0v) is 17.9. The van der Waals surface area contributed by atoms with Gasteiger partial charge in [0.05, 0.1) is 47.0 Å². The van der Waals surface area contributed by atoms with E-state index >= 15 is 0 Å².